The third kappa shape index (κ3) is 5.47. The Hall–Kier alpha value is -4.14. The van der Waals surface area contributed by atoms with Gasteiger partial charge in [-0.05, 0) is 23.8 Å². The van der Waals surface area contributed by atoms with E-state index >= 15 is 0 Å². The van der Waals surface area contributed by atoms with Crippen molar-refractivity contribution in [2.24, 2.45) is 0 Å². The maximum absolute atomic E-state index is 12.8. The van der Waals surface area contributed by atoms with Crippen LogP contribution in [0.5, 0.6) is 0 Å². The van der Waals surface area contributed by atoms with E-state index in [1.54, 1.807) is 18.3 Å². The van der Waals surface area contributed by atoms with Gasteiger partial charge in [0.25, 0.3) is 5.91 Å². The van der Waals surface area contributed by atoms with E-state index in [1.807, 2.05) is 24.3 Å². The second kappa shape index (κ2) is 9.57. The first kappa shape index (κ1) is 21.6. The first-order chi connectivity index (χ1) is 14.8. The lowest BCUT2D eigenvalue weighted by Gasteiger charge is -2.16. The summed E-state index contributed by atoms with van der Waals surface area (Å²) in [5.41, 5.74) is 1.86. The lowest BCUT2D eigenvalue weighted by molar-refractivity contribution is -0.139. The normalized spacial score (nSPS) is 11.6. The van der Waals surface area contributed by atoms with Gasteiger partial charge in [-0.3, -0.25) is 14.4 Å². The Morgan fingerprint density at radius 2 is 1.65 bits per heavy atom. The number of rotatable bonds is 9. The van der Waals surface area contributed by atoms with Crippen LogP contribution in [0.4, 0.5) is 5.69 Å². The summed E-state index contributed by atoms with van der Waals surface area (Å²) in [6.07, 6.45) is 1.19. The van der Waals surface area contributed by atoms with E-state index in [0.717, 1.165) is 16.5 Å². The quantitative estimate of drug-likeness (QED) is 0.357. The van der Waals surface area contributed by atoms with Crippen molar-refractivity contribution in [1.82, 2.24) is 10.3 Å². The molecular formula is C22H21N3O6. The highest BCUT2D eigenvalue weighted by Gasteiger charge is 2.24. The fourth-order valence-corrected chi connectivity index (χ4v) is 3.18. The van der Waals surface area contributed by atoms with E-state index in [9.17, 15) is 24.3 Å². The number of aliphatic carboxylic acids is 2. The van der Waals surface area contributed by atoms with E-state index in [4.69, 9.17) is 5.11 Å². The van der Waals surface area contributed by atoms with Crippen LogP contribution >= 0.6 is 0 Å². The molecule has 2 amide bonds. The first-order valence-electron chi connectivity index (χ1n) is 9.54. The molecule has 2 aromatic carbocycles. The highest BCUT2D eigenvalue weighted by Crippen LogP contribution is 2.20. The Balaban J connectivity index is 1.75. The van der Waals surface area contributed by atoms with Crippen LogP contribution < -0.4 is 10.6 Å². The van der Waals surface area contributed by atoms with Crippen LogP contribution in [0.15, 0.2) is 54.7 Å². The number of para-hydroxylation sites is 2. The molecule has 1 atom stereocenters. The molecule has 0 aliphatic carbocycles. The molecule has 9 heteroatoms. The van der Waals surface area contributed by atoms with Crippen molar-refractivity contribution in [2.45, 2.75) is 25.3 Å². The van der Waals surface area contributed by atoms with Gasteiger partial charge < -0.3 is 25.8 Å². The highest BCUT2D eigenvalue weighted by molar-refractivity contribution is 6.05. The molecule has 0 bridgehead atoms. The van der Waals surface area contributed by atoms with Gasteiger partial charge in [0.15, 0.2) is 0 Å². The second-order valence-electron chi connectivity index (χ2n) is 6.92. The SMILES string of the molecule is O=C(O)CCC(=O)Nc1ccccc1C(=O)N[C@@H](Cc1c[nH]c2ccccc12)C(=O)O. The number of hydrogen-bond acceptors (Lipinski definition) is 4. The summed E-state index contributed by atoms with van der Waals surface area (Å²) in [5, 5.41) is 24.2. The zero-order valence-corrected chi connectivity index (χ0v) is 16.4. The van der Waals surface area contributed by atoms with Gasteiger partial charge in [0, 0.05) is 29.9 Å². The lowest BCUT2D eigenvalue weighted by Crippen LogP contribution is -2.42. The monoisotopic (exact) mass is 423 g/mol. The van der Waals surface area contributed by atoms with Gasteiger partial charge in [0.2, 0.25) is 5.91 Å². The van der Waals surface area contributed by atoms with E-state index in [2.05, 4.69) is 15.6 Å². The predicted octanol–water partition coefficient (Wildman–Crippen LogP) is 2.40. The Morgan fingerprint density at radius 1 is 0.935 bits per heavy atom. The van der Waals surface area contributed by atoms with E-state index in [1.165, 1.54) is 12.1 Å². The number of fused-ring (bicyclic) bond motifs is 1. The van der Waals surface area contributed by atoms with Crippen molar-refractivity contribution < 1.29 is 29.4 Å². The van der Waals surface area contributed by atoms with Gasteiger partial charge in [0.1, 0.15) is 6.04 Å². The Labute approximate surface area is 177 Å². The number of carboxylic acids is 2. The van der Waals surface area contributed by atoms with Crippen molar-refractivity contribution in [3.63, 3.8) is 0 Å². The number of hydrogen-bond donors (Lipinski definition) is 5. The van der Waals surface area contributed by atoms with Crippen LogP contribution in [0, 0.1) is 0 Å². The van der Waals surface area contributed by atoms with E-state index < -0.39 is 29.8 Å². The molecule has 160 valence electrons. The standard InChI is InChI=1S/C22H21N3O6/c26-19(9-10-20(27)28)24-17-8-4-2-6-15(17)21(29)25-18(22(30)31)11-13-12-23-16-7-3-1-5-14(13)16/h1-8,12,18,23H,9-11H2,(H,24,26)(H,25,29)(H,27,28)(H,30,31)/t18-/m0/s1. The number of amides is 2. The molecule has 0 saturated carbocycles. The smallest absolute Gasteiger partial charge is 0.326 e. The summed E-state index contributed by atoms with van der Waals surface area (Å²) in [7, 11) is 0. The Morgan fingerprint density at radius 3 is 2.39 bits per heavy atom. The molecule has 0 aliphatic rings. The number of anilines is 1. The van der Waals surface area contributed by atoms with Gasteiger partial charge >= 0.3 is 11.9 Å². The zero-order valence-electron chi connectivity index (χ0n) is 16.4. The van der Waals surface area contributed by atoms with Crippen LogP contribution in [-0.4, -0.2) is 45.0 Å². The van der Waals surface area contributed by atoms with Crippen LogP contribution in [-0.2, 0) is 20.8 Å². The van der Waals surface area contributed by atoms with E-state index in [0.29, 0.717) is 0 Å². The minimum atomic E-state index is -1.19. The molecule has 3 aromatic rings. The fourth-order valence-electron chi connectivity index (χ4n) is 3.18. The van der Waals surface area contributed by atoms with Crippen molar-refractivity contribution in [1.29, 1.82) is 0 Å². The number of aromatic nitrogens is 1. The van der Waals surface area contributed by atoms with Crippen molar-refractivity contribution in [3.8, 4) is 0 Å². The van der Waals surface area contributed by atoms with E-state index in [-0.39, 0.29) is 30.5 Å². The Kier molecular flexibility index (Phi) is 6.66. The molecule has 0 spiro atoms. The van der Waals surface area contributed by atoms with Gasteiger partial charge in [-0.2, -0.15) is 0 Å². The number of carboxylic acid groups (broad SMARTS) is 2. The highest BCUT2D eigenvalue weighted by atomic mass is 16.4. The molecule has 0 saturated heterocycles. The molecule has 9 nitrogen and oxygen atoms in total. The molecule has 3 rings (SSSR count). The van der Waals surface area contributed by atoms with Crippen LogP contribution in [0.25, 0.3) is 10.9 Å². The number of benzene rings is 2. The van der Waals surface area contributed by atoms with Gasteiger partial charge in [0.05, 0.1) is 17.7 Å². The zero-order chi connectivity index (χ0) is 22.4. The molecule has 0 radical (unpaired) electrons. The summed E-state index contributed by atoms with van der Waals surface area (Å²) in [6.45, 7) is 0. The summed E-state index contributed by atoms with van der Waals surface area (Å²) >= 11 is 0. The van der Waals surface area contributed by atoms with Crippen molar-refractivity contribution in [3.05, 3.63) is 65.9 Å². The average Bonchev–Trinajstić information content (AvgIpc) is 3.15. The predicted molar refractivity (Wildman–Crippen MR) is 113 cm³/mol. The summed E-state index contributed by atoms with van der Waals surface area (Å²) in [4.78, 5) is 50.2. The minimum Gasteiger partial charge on any atom is -0.481 e. The van der Waals surface area contributed by atoms with Gasteiger partial charge in [-0.15, -0.1) is 0 Å². The third-order valence-electron chi connectivity index (χ3n) is 4.71. The summed E-state index contributed by atoms with van der Waals surface area (Å²) in [5.74, 6) is -3.53. The molecule has 0 aliphatic heterocycles. The average molecular weight is 423 g/mol. The van der Waals surface area contributed by atoms with Crippen molar-refractivity contribution >= 4 is 40.3 Å². The molecule has 5 N–H and O–H groups in total. The maximum Gasteiger partial charge on any atom is 0.326 e. The number of aromatic amines is 1. The van der Waals surface area contributed by atoms with Crippen molar-refractivity contribution in [2.75, 3.05) is 5.32 Å². The number of carbonyl (C=O) groups is 4. The third-order valence-corrected chi connectivity index (χ3v) is 4.71. The second-order valence-corrected chi connectivity index (χ2v) is 6.92. The van der Waals surface area contributed by atoms with Crippen LogP contribution in [0.2, 0.25) is 0 Å². The first-order valence-corrected chi connectivity index (χ1v) is 9.54. The van der Waals surface area contributed by atoms with Crippen LogP contribution in [0.3, 0.4) is 0 Å². The summed E-state index contributed by atoms with van der Waals surface area (Å²) < 4.78 is 0. The number of nitrogens with one attached hydrogen (secondary N) is 3. The van der Waals surface area contributed by atoms with Crippen LogP contribution in [0.1, 0.15) is 28.8 Å². The maximum atomic E-state index is 12.8. The molecule has 0 fully saturated rings. The Bertz CT molecular complexity index is 1140. The molecule has 0 unspecified atom stereocenters. The topological polar surface area (TPSA) is 149 Å². The molecule has 31 heavy (non-hydrogen) atoms. The fraction of sp³-hybridized carbons (Fsp3) is 0.182. The molecular weight excluding hydrogens is 402 g/mol. The molecule has 1 aromatic heterocycles. The van der Waals surface area contributed by atoms with Gasteiger partial charge in [-0.25, -0.2) is 4.79 Å². The minimum absolute atomic E-state index is 0.0677. The van der Waals surface area contributed by atoms with Gasteiger partial charge in [-0.1, -0.05) is 30.3 Å². The molecule has 1 heterocycles. The lowest BCUT2D eigenvalue weighted by atomic mass is 10.0. The largest absolute Gasteiger partial charge is 0.481 e. The number of H-pyrrole nitrogens is 1. The summed E-state index contributed by atoms with van der Waals surface area (Å²) in [6, 6.07) is 12.4. The number of carbonyl (C=O) groups excluding carboxylic acids is 2.